The number of aromatic nitrogens is 1. The van der Waals surface area contributed by atoms with E-state index < -0.39 is 0 Å². The lowest BCUT2D eigenvalue weighted by atomic mass is 10.0. The number of nitrogens with one attached hydrogen (secondary N) is 1. The van der Waals surface area contributed by atoms with Gasteiger partial charge in [0.2, 0.25) is 0 Å². The zero-order valence-corrected chi connectivity index (χ0v) is 14.2. The third kappa shape index (κ3) is 3.41. The second-order valence-electron chi connectivity index (χ2n) is 4.09. The van der Waals surface area contributed by atoms with Gasteiger partial charge in [-0.15, -0.1) is 11.3 Å². The van der Waals surface area contributed by atoms with Gasteiger partial charge in [0.15, 0.2) is 0 Å². The molecular formula is C13H14Br2N2S. The molecule has 0 radical (unpaired) electrons. The fourth-order valence-corrected chi connectivity index (χ4v) is 3.96. The molecule has 1 unspecified atom stereocenters. The topological polar surface area (TPSA) is 24.9 Å². The van der Waals surface area contributed by atoms with E-state index in [2.05, 4.69) is 65.7 Å². The molecule has 0 aliphatic rings. The van der Waals surface area contributed by atoms with Gasteiger partial charge in [-0.3, -0.25) is 0 Å². The lowest BCUT2D eigenvalue weighted by Crippen LogP contribution is -2.19. The highest BCUT2D eigenvalue weighted by atomic mass is 79.9. The van der Waals surface area contributed by atoms with Crippen LogP contribution < -0.4 is 5.32 Å². The second-order valence-corrected chi connectivity index (χ2v) is 6.81. The van der Waals surface area contributed by atoms with Crippen LogP contribution in [0.3, 0.4) is 0 Å². The quantitative estimate of drug-likeness (QED) is 0.833. The van der Waals surface area contributed by atoms with Crippen LogP contribution in [0.5, 0.6) is 0 Å². The van der Waals surface area contributed by atoms with Crippen molar-refractivity contribution in [3.8, 4) is 0 Å². The lowest BCUT2D eigenvalue weighted by molar-refractivity contribution is 0.587. The summed E-state index contributed by atoms with van der Waals surface area (Å²) in [6.07, 6.45) is 0.912. The predicted octanol–water partition coefficient (Wildman–Crippen LogP) is 4.48. The van der Waals surface area contributed by atoms with Crippen LogP contribution in [0, 0.1) is 6.92 Å². The normalized spacial score (nSPS) is 12.7. The molecule has 5 heteroatoms. The fourth-order valence-electron chi connectivity index (χ4n) is 1.82. The Morgan fingerprint density at radius 2 is 2.17 bits per heavy atom. The van der Waals surface area contributed by atoms with Crippen LogP contribution in [-0.2, 0) is 6.42 Å². The average Bonchev–Trinajstić information content (AvgIpc) is 2.72. The summed E-state index contributed by atoms with van der Waals surface area (Å²) in [6, 6.07) is 6.55. The third-order valence-electron chi connectivity index (χ3n) is 2.73. The maximum absolute atomic E-state index is 4.53. The molecule has 0 saturated carbocycles. The summed E-state index contributed by atoms with van der Waals surface area (Å²) < 4.78 is 2.20. The Bertz CT molecular complexity index is 540. The van der Waals surface area contributed by atoms with Crippen molar-refractivity contribution in [2.75, 3.05) is 7.05 Å². The van der Waals surface area contributed by atoms with Gasteiger partial charge in [0.05, 0.1) is 5.01 Å². The number of benzene rings is 1. The average molecular weight is 390 g/mol. The number of nitrogens with zero attached hydrogens (tertiary/aromatic N) is 1. The Kier molecular flexibility index (Phi) is 4.95. The standard InChI is InChI=1S/C13H14Br2N2S/c1-8-7-18-13(17-8)6-12(16-2)10-4-3-9(14)5-11(10)15/h3-5,7,12,16H,6H2,1-2H3. The number of hydrogen-bond donors (Lipinski definition) is 1. The number of thiazole rings is 1. The van der Waals surface area contributed by atoms with Crippen molar-refractivity contribution >= 4 is 43.2 Å². The molecule has 2 aromatic rings. The predicted molar refractivity (Wildman–Crippen MR) is 84.2 cm³/mol. The van der Waals surface area contributed by atoms with E-state index >= 15 is 0 Å². The van der Waals surface area contributed by atoms with Gasteiger partial charge in [0.1, 0.15) is 0 Å². The Morgan fingerprint density at radius 1 is 1.39 bits per heavy atom. The van der Waals surface area contributed by atoms with Crippen LogP contribution in [0.2, 0.25) is 0 Å². The first kappa shape index (κ1) is 14.2. The molecule has 1 heterocycles. The van der Waals surface area contributed by atoms with E-state index in [0.717, 1.165) is 21.1 Å². The summed E-state index contributed by atoms with van der Waals surface area (Å²) in [5.41, 5.74) is 2.35. The monoisotopic (exact) mass is 388 g/mol. The van der Waals surface area contributed by atoms with E-state index in [1.54, 1.807) is 11.3 Å². The van der Waals surface area contributed by atoms with Crippen molar-refractivity contribution < 1.29 is 0 Å². The van der Waals surface area contributed by atoms with Gasteiger partial charge >= 0.3 is 0 Å². The van der Waals surface area contributed by atoms with Gasteiger partial charge in [-0.25, -0.2) is 4.98 Å². The van der Waals surface area contributed by atoms with Crippen LogP contribution >= 0.6 is 43.2 Å². The van der Waals surface area contributed by atoms with Crippen molar-refractivity contribution in [2.24, 2.45) is 0 Å². The zero-order chi connectivity index (χ0) is 13.1. The molecule has 0 aliphatic carbocycles. The van der Waals surface area contributed by atoms with Gasteiger partial charge in [0.25, 0.3) is 0 Å². The van der Waals surface area contributed by atoms with Gasteiger partial charge in [-0.1, -0.05) is 37.9 Å². The molecule has 0 bridgehead atoms. The van der Waals surface area contributed by atoms with Crippen LogP contribution in [-0.4, -0.2) is 12.0 Å². The van der Waals surface area contributed by atoms with Crippen LogP contribution in [0.15, 0.2) is 32.5 Å². The first-order valence-corrected chi connectivity index (χ1v) is 8.10. The summed E-state index contributed by atoms with van der Waals surface area (Å²) in [6.45, 7) is 2.03. The van der Waals surface area contributed by atoms with Gasteiger partial charge in [-0.2, -0.15) is 0 Å². The second kappa shape index (κ2) is 6.28. The SMILES string of the molecule is CNC(Cc1nc(C)cs1)c1ccc(Br)cc1Br. The highest BCUT2D eigenvalue weighted by Crippen LogP contribution is 2.29. The Labute approximate surface area is 128 Å². The maximum atomic E-state index is 4.53. The number of likely N-dealkylation sites (N-methyl/N-ethyl adjacent to an activating group) is 1. The van der Waals surface area contributed by atoms with Crippen LogP contribution in [0.1, 0.15) is 22.3 Å². The number of halogens is 2. The Morgan fingerprint density at radius 3 is 2.72 bits per heavy atom. The summed E-state index contributed by atoms with van der Waals surface area (Å²) in [4.78, 5) is 4.53. The molecule has 2 nitrogen and oxygen atoms in total. The molecule has 1 N–H and O–H groups in total. The van der Waals surface area contributed by atoms with Crippen molar-refractivity contribution in [3.05, 3.63) is 48.8 Å². The number of aryl methyl sites for hydroxylation is 1. The molecule has 0 aliphatic heterocycles. The summed E-state index contributed by atoms with van der Waals surface area (Å²) in [7, 11) is 1.99. The van der Waals surface area contributed by atoms with E-state index in [4.69, 9.17) is 0 Å². The Hall–Kier alpha value is -0.230. The van der Waals surface area contributed by atoms with E-state index in [1.807, 2.05) is 14.0 Å². The summed E-state index contributed by atoms with van der Waals surface area (Å²) in [5.74, 6) is 0. The molecule has 0 fully saturated rings. The van der Waals surface area contributed by atoms with E-state index in [1.165, 1.54) is 10.6 Å². The van der Waals surface area contributed by atoms with Gasteiger partial charge in [-0.05, 0) is 31.7 Å². The van der Waals surface area contributed by atoms with Crippen LogP contribution in [0.4, 0.5) is 0 Å². The van der Waals surface area contributed by atoms with Gasteiger partial charge in [0, 0.05) is 32.5 Å². The number of hydrogen-bond acceptors (Lipinski definition) is 3. The number of rotatable bonds is 4. The molecular weight excluding hydrogens is 376 g/mol. The largest absolute Gasteiger partial charge is 0.313 e. The van der Waals surface area contributed by atoms with Crippen molar-refractivity contribution in [1.82, 2.24) is 10.3 Å². The van der Waals surface area contributed by atoms with Gasteiger partial charge < -0.3 is 5.32 Å². The van der Waals surface area contributed by atoms with Crippen molar-refractivity contribution in [2.45, 2.75) is 19.4 Å². The van der Waals surface area contributed by atoms with Crippen LogP contribution in [0.25, 0.3) is 0 Å². The van der Waals surface area contributed by atoms with E-state index in [9.17, 15) is 0 Å². The summed E-state index contributed by atoms with van der Waals surface area (Å²) in [5, 5.41) is 6.62. The van der Waals surface area contributed by atoms with Crippen molar-refractivity contribution in [3.63, 3.8) is 0 Å². The highest BCUT2D eigenvalue weighted by Gasteiger charge is 2.15. The minimum Gasteiger partial charge on any atom is -0.313 e. The molecule has 2 rings (SSSR count). The third-order valence-corrected chi connectivity index (χ3v) is 4.90. The zero-order valence-electron chi connectivity index (χ0n) is 10.2. The first-order chi connectivity index (χ1) is 8.60. The van der Waals surface area contributed by atoms with E-state index in [-0.39, 0.29) is 6.04 Å². The van der Waals surface area contributed by atoms with Crippen molar-refractivity contribution in [1.29, 1.82) is 0 Å². The lowest BCUT2D eigenvalue weighted by Gasteiger charge is -2.17. The Balaban J connectivity index is 2.22. The molecule has 96 valence electrons. The molecule has 1 aromatic carbocycles. The minimum absolute atomic E-state index is 0.276. The molecule has 1 atom stereocenters. The molecule has 1 aromatic heterocycles. The fraction of sp³-hybridized carbons (Fsp3) is 0.308. The first-order valence-electron chi connectivity index (χ1n) is 5.63. The summed E-state index contributed by atoms with van der Waals surface area (Å²) >= 11 is 8.82. The molecule has 0 saturated heterocycles. The molecule has 18 heavy (non-hydrogen) atoms. The maximum Gasteiger partial charge on any atom is 0.0947 e. The highest BCUT2D eigenvalue weighted by molar-refractivity contribution is 9.11. The molecule has 0 spiro atoms. The molecule has 0 amide bonds. The minimum atomic E-state index is 0.276. The van der Waals surface area contributed by atoms with E-state index in [0.29, 0.717) is 0 Å². The smallest absolute Gasteiger partial charge is 0.0947 e.